The van der Waals surface area contributed by atoms with Gasteiger partial charge in [-0.25, -0.2) is 0 Å². The predicted molar refractivity (Wildman–Crippen MR) is 64.9 cm³/mol. The molecular weight excluding hydrogens is 300 g/mol. The number of carbonyl (C=O) groups excluding carboxylic acids is 1. The van der Waals surface area contributed by atoms with E-state index < -0.39 is 46.3 Å². The fraction of sp³-hybridized carbons (Fsp3) is 0.889. The van der Waals surface area contributed by atoms with Crippen molar-refractivity contribution >= 4 is 17.6 Å². The standard InChI is InChI=1S/C9H15ClN2O8/c1-6(10)8(13)18-4-7(20-12(16)17)9(2,3)5-19-11(14)15/h6-7H,4-5H2,1-3H3/t6?,7-/m0/s1. The molecule has 1 unspecified atom stereocenters. The summed E-state index contributed by atoms with van der Waals surface area (Å²) in [6.45, 7) is 3.29. The molecule has 0 amide bonds. The Balaban J connectivity index is 4.72. The number of hydrogen-bond acceptors (Lipinski definition) is 8. The van der Waals surface area contributed by atoms with Crippen LogP contribution in [0, 0.1) is 25.6 Å². The van der Waals surface area contributed by atoms with Gasteiger partial charge in [-0.2, -0.15) is 0 Å². The third-order valence-electron chi connectivity index (χ3n) is 2.33. The SMILES string of the molecule is CC(Cl)C(=O)OC[C@H](O[N+](=O)[O-])C(C)(C)CO[N+](=O)[O-]. The van der Waals surface area contributed by atoms with Crippen LogP contribution in [0.25, 0.3) is 0 Å². The summed E-state index contributed by atoms with van der Waals surface area (Å²) < 4.78 is 4.73. The summed E-state index contributed by atoms with van der Waals surface area (Å²) in [5, 5.41) is 17.5. The minimum atomic E-state index is -1.24. The van der Waals surface area contributed by atoms with E-state index in [1.807, 2.05) is 0 Å². The fourth-order valence-corrected chi connectivity index (χ4v) is 1.15. The largest absolute Gasteiger partial charge is 0.462 e. The van der Waals surface area contributed by atoms with E-state index in [9.17, 15) is 25.0 Å². The molecule has 0 spiro atoms. The first-order valence-corrected chi connectivity index (χ1v) is 5.89. The van der Waals surface area contributed by atoms with Gasteiger partial charge in [-0.1, -0.05) is 13.8 Å². The molecule has 10 nitrogen and oxygen atoms in total. The van der Waals surface area contributed by atoms with E-state index in [4.69, 9.17) is 16.3 Å². The molecule has 0 saturated heterocycles. The van der Waals surface area contributed by atoms with E-state index in [0.29, 0.717) is 0 Å². The summed E-state index contributed by atoms with van der Waals surface area (Å²) in [7, 11) is 0. The van der Waals surface area contributed by atoms with Crippen LogP contribution in [0.4, 0.5) is 0 Å². The Hall–Kier alpha value is -1.84. The first-order chi connectivity index (χ1) is 9.06. The number of hydrogen-bond donors (Lipinski definition) is 0. The number of rotatable bonds is 9. The van der Waals surface area contributed by atoms with Crippen LogP contribution in [0.15, 0.2) is 0 Å². The molecule has 0 saturated carbocycles. The number of nitrogens with zero attached hydrogens (tertiary/aromatic N) is 2. The van der Waals surface area contributed by atoms with Crippen LogP contribution in [-0.4, -0.2) is 40.8 Å². The summed E-state index contributed by atoms with van der Waals surface area (Å²) in [6, 6.07) is 0. The zero-order valence-corrected chi connectivity index (χ0v) is 11.9. The Labute approximate surface area is 119 Å². The Morgan fingerprint density at radius 3 is 2.25 bits per heavy atom. The lowest BCUT2D eigenvalue weighted by Gasteiger charge is -2.30. The van der Waals surface area contributed by atoms with Crippen LogP contribution in [0.1, 0.15) is 20.8 Å². The molecule has 0 aromatic heterocycles. The zero-order chi connectivity index (χ0) is 15.9. The average molecular weight is 315 g/mol. The fourth-order valence-electron chi connectivity index (χ4n) is 1.09. The summed E-state index contributed by atoms with van der Waals surface area (Å²) in [5.74, 6) is -0.783. The van der Waals surface area contributed by atoms with Crippen LogP contribution in [0.2, 0.25) is 0 Å². The number of alkyl halides is 1. The maximum atomic E-state index is 11.2. The molecule has 0 N–H and O–H groups in total. The summed E-state index contributed by atoms with van der Waals surface area (Å²) in [4.78, 5) is 40.3. The highest BCUT2D eigenvalue weighted by Crippen LogP contribution is 2.25. The van der Waals surface area contributed by atoms with Gasteiger partial charge in [0.2, 0.25) is 0 Å². The van der Waals surface area contributed by atoms with Crippen LogP contribution in [0.5, 0.6) is 0 Å². The lowest BCUT2D eigenvalue weighted by atomic mass is 9.88. The second-order valence-electron chi connectivity index (χ2n) is 4.55. The highest BCUT2D eigenvalue weighted by atomic mass is 35.5. The van der Waals surface area contributed by atoms with Crippen molar-refractivity contribution in [2.24, 2.45) is 5.41 Å². The number of carbonyl (C=O) groups is 1. The van der Waals surface area contributed by atoms with Crippen LogP contribution in [-0.2, 0) is 19.2 Å². The zero-order valence-electron chi connectivity index (χ0n) is 11.1. The van der Waals surface area contributed by atoms with Crippen LogP contribution in [0.3, 0.4) is 0 Å². The van der Waals surface area contributed by atoms with Gasteiger partial charge in [-0.15, -0.1) is 31.8 Å². The van der Waals surface area contributed by atoms with Crippen LogP contribution >= 0.6 is 11.6 Å². The molecule has 0 aromatic carbocycles. The van der Waals surface area contributed by atoms with Crippen molar-refractivity contribution in [3.8, 4) is 0 Å². The predicted octanol–water partition coefficient (Wildman–Crippen LogP) is 0.968. The third-order valence-corrected chi connectivity index (χ3v) is 2.51. The normalized spacial score (nSPS) is 14.0. The van der Waals surface area contributed by atoms with Gasteiger partial charge < -0.3 is 14.4 Å². The van der Waals surface area contributed by atoms with Crippen molar-refractivity contribution in [1.29, 1.82) is 0 Å². The monoisotopic (exact) mass is 314 g/mol. The second-order valence-corrected chi connectivity index (χ2v) is 5.20. The first kappa shape index (κ1) is 18.2. The molecular formula is C9H15ClN2O8. The molecule has 0 aliphatic carbocycles. The minimum absolute atomic E-state index is 0.466. The molecule has 11 heteroatoms. The van der Waals surface area contributed by atoms with Crippen molar-refractivity contribution in [3.63, 3.8) is 0 Å². The Kier molecular flexibility index (Phi) is 6.97. The molecule has 0 rings (SSSR count). The number of esters is 1. The highest BCUT2D eigenvalue weighted by Gasteiger charge is 2.35. The molecule has 0 aromatic rings. The summed E-state index contributed by atoms with van der Waals surface area (Å²) in [5.41, 5.74) is -1.14. The second kappa shape index (κ2) is 7.68. The molecule has 0 bridgehead atoms. The van der Waals surface area contributed by atoms with Gasteiger partial charge in [-0.3, -0.25) is 4.79 Å². The first-order valence-electron chi connectivity index (χ1n) is 5.45. The number of ether oxygens (including phenoxy) is 1. The van der Waals surface area contributed by atoms with Crippen molar-refractivity contribution < 1.29 is 29.4 Å². The molecule has 0 aliphatic rings. The van der Waals surface area contributed by atoms with E-state index in [1.165, 1.54) is 20.8 Å². The van der Waals surface area contributed by atoms with Crippen molar-refractivity contribution in [3.05, 3.63) is 20.2 Å². The van der Waals surface area contributed by atoms with Crippen molar-refractivity contribution in [2.75, 3.05) is 13.2 Å². The van der Waals surface area contributed by atoms with E-state index >= 15 is 0 Å². The number of halogens is 1. The van der Waals surface area contributed by atoms with Gasteiger partial charge >= 0.3 is 5.97 Å². The third kappa shape index (κ3) is 6.92. The lowest BCUT2D eigenvalue weighted by Crippen LogP contribution is -2.42. The Bertz CT molecular complexity index is 373. The molecule has 0 fully saturated rings. The molecule has 20 heavy (non-hydrogen) atoms. The molecule has 116 valence electrons. The smallest absolute Gasteiger partial charge is 0.323 e. The van der Waals surface area contributed by atoms with Gasteiger partial charge in [-0.05, 0) is 6.92 Å². The summed E-state index contributed by atoms with van der Waals surface area (Å²) >= 11 is 5.47. The topological polar surface area (TPSA) is 131 Å². The highest BCUT2D eigenvalue weighted by molar-refractivity contribution is 6.29. The van der Waals surface area contributed by atoms with Gasteiger partial charge in [0, 0.05) is 5.41 Å². The maximum Gasteiger partial charge on any atom is 0.323 e. The summed E-state index contributed by atoms with van der Waals surface area (Å²) in [6.07, 6.45) is -1.24. The van der Waals surface area contributed by atoms with E-state index in [1.54, 1.807) is 0 Å². The Morgan fingerprint density at radius 1 is 1.30 bits per heavy atom. The maximum absolute atomic E-state index is 11.2. The van der Waals surface area contributed by atoms with Crippen molar-refractivity contribution in [1.82, 2.24) is 0 Å². The Morgan fingerprint density at radius 2 is 1.85 bits per heavy atom. The van der Waals surface area contributed by atoms with Crippen LogP contribution < -0.4 is 0 Å². The van der Waals surface area contributed by atoms with Gasteiger partial charge in [0.15, 0.2) is 0 Å². The van der Waals surface area contributed by atoms with E-state index in [0.717, 1.165) is 0 Å². The molecule has 2 atom stereocenters. The molecule has 0 heterocycles. The average Bonchev–Trinajstić information content (AvgIpc) is 2.30. The van der Waals surface area contributed by atoms with Gasteiger partial charge in [0.25, 0.3) is 10.2 Å². The van der Waals surface area contributed by atoms with Gasteiger partial charge in [0.05, 0.1) is 0 Å². The van der Waals surface area contributed by atoms with Crippen molar-refractivity contribution in [2.45, 2.75) is 32.3 Å². The van der Waals surface area contributed by atoms with E-state index in [-0.39, 0.29) is 0 Å². The van der Waals surface area contributed by atoms with E-state index in [2.05, 4.69) is 9.68 Å². The minimum Gasteiger partial charge on any atom is -0.462 e. The lowest BCUT2D eigenvalue weighted by molar-refractivity contribution is -0.780. The quantitative estimate of drug-likeness (QED) is 0.266. The molecule has 0 radical (unpaired) electrons. The van der Waals surface area contributed by atoms with Gasteiger partial charge in [0.1, 0.15) is 24.7 Å². The molecule has 0 aliphatic heterocycles.